The van der Waals surface area contributed by atoms with Crippen LogP contribution in [0.4, 0.5) is 5.88 Å². The van der Waals surface area contributed by atoms with Gasteiger partial charge in [0, 0.05) is 10.9 Å². The van der Waals surface area contributed by atoms with Crippen LogP contribution in [0.3, 0.4) is 0 Å². The van der Waals surface area contributed by atoms with Gasteiger partial charge in [-0.1, -0.05) is 6.07 Å². The van der Waals surface area contributed by atoms with Gasteiger partial charge in [-0.3, -0.25) is 19.8 Å². The van der Waals surface area contributed by atoms with E-state index in [2.05, 4.69) is 16.3 Å². The molecule has 3 heterocycles. The fraction of sp³-hybridized carbons (Fsp3) is 0.421. The third-order valence-corrected chi connectivity index (χ3v) is 5.62. The van der Waals surface area contributed by atoms with E-state index in [9.17, 15) is 14.4 Å². The highest BCUT2D eigenvalue weighted by molar-refractivity contribution is 7.10. The molecule has 1 aliphatic heterocycles. The number of nitrogens with one attached hydrogen (secondary N) is 1. The van der Waals surface area contributed by atoms with Gasteiger partial charge in [0.2, 0.25) is 11.8 Å². The Morgan fingerprint density at radius 3 is 2.82 bits per heavy atom. The monoisotopic (exact) mass is 405 g/mol. The van der Waals surface area contributed by atoms with E-state index in [1.54, 1.807) is 18.3 Å². The molecule has 8 nitrogen and oxygen atoms in total. The number of carbonyl (C=O) groups excluding carboxylic acids is 3. The predicted molar refractivity (Wildman–Crippen MR) is 104 cm³/mol. The molecular formula is C19H23N3O5S. The summed E-state index contributed by atoms with van der Waals surface area (Å²) >= 11 is 1.67. The lowest BCUT2D eigenvalue weighted by Gasteiger charge is -2.22. The summed E-state index contributed by atoms with van der Waals surface area (Å²) in [4.78, 5) is 39.9. The third-order valence-electron chi connectivity index (χ3n) is 4.65. The number of ether oxygens (including phenoxy) is 1. The smallest absolute Gasteiger partial charge is 0.342 e. The van der Waals surface area contributed by atoms with Crippen molar-refractivity contribution in [2.24, 2.45) is 5.73 Å². The van der Waals surface area contributed by atoms with Crippen LogP contribution < -0.4 is 11.1 Å². The topological polar surface area (TPSA) is 115 Å². The molecule has 0 aliphatic carbocycles. The van der Waals surface area contributed by atoms with Crippen LogP contribution in [0.15, 0.2) is 21.9 Å². The maximum Gasteiger partial charge on any atom is 0.342 e. The summed E-state index contributed by atoms with van der Waals surface area (Å²) in [5, 5.41) is 4.61. The maximum atomic E-state index is 12.6. The van der Waals surface area contributed by atoms with Crippen LogP contribution in [0.1, 0.15) is 57.2 Å². The number of rotatable bonds is 7. The van der Waals surface area contributed by atoms with Gasteiger partial charge in [-0.15, -0.1) is 11.3 Å². The Morgan fingerprint density at radius 2 is 2.18 bits per heavy atom. The molecule has 1 saturated heterocycles. The van der Waals surface area contributed by atoms with Crippen LogP contribution >= 0.6 is 11.3 Å². The maximum absolute atomic E-state index is 12.6. The van der Waals surface area contributed by atoms with Crippen LogP contribution in [0.5, 0.6) is 0 Å². The number of hydrogen-bond donors (Lipinski definition) is 2. The number of thiophene rings is 1. The van der Waals surface area contributed by atoms with Crippen molar-refractivity contribution in [2.45, 2.75) is 32.7 Å². The number of aryl methyl sites for hydroxylation is 1. The number of hydrogen-bond acceptors (Lipinski definition) is 7. The van der Waals surface area contributed by atoms with Crippen LogP contribution in [0.25, 0.3) is 0 Å². The molecular weight excluding hydrogens is 382 g/mol. The highest BCUT2D eigenvalue weighted by atomic mass is 32.1. The number of nitrogens with zero attached hydrogens (tertiary/aromatic N) is 1. The standard InChI is InChI=1S/C19H23N3O5S/c1-3-26-19(25)15-11(2)27-18(16(15)17(20)24)21-14(23)10-22-8-4-6-12(22)13-7-5-9-28-13/h5,7,9,12H,3-4,6,8,10H2,1-2H3,(H2,20,24)(H,21,23)/t12-/m1/s1. The first-order valence-electron chi connectivity index (χ1n) is 9.10. The zero-order valence-corrected chi connectivity index (χ0v) is 16.6. The predicted octanol–water partition coefficient (Wildman–Crippen LogP) is 2.70. The van der Waals surface area contributed by atoms with E-state index in [0.717, 1.165) is 19.4 Å². The van der Waals surface area contributed by atoms with Gasteiger partial charge in [0.25, 0.3) is 5.91 Å². The van der Waals surface area contributed by atoms with Gasteiger partial charge in [0.05, 0.1) is 13.2 Å². The molecule has 3 N–H and O–H groups in total. The van der Waals surface area contributed by atoms with Gasteiger partial charge < -0.3 is 14.9 Å². The summed E-state index contributed by atoms with van der Waals surface area (Å²) in [6.45, 7) is 4.27. The molecule has 150 valence electrons. The molecule has 9 heteroatoms. The fourth-order valence-corrected chi connectivity index (χ4v) is 4.38. The summed E-state index contributed by atoms with van der Waals surface area (Å²) in [6.07, 6.45) is 2.00. The number of nitrogens with two attached hydrogens (primary N) is 1. The number of anilines is 1. The Labute approximate surface area is 166 Å². The molecule has 2 aromatic rings. The molecule has 0 bridgehead atoms. The SMILES string of the molecule is CCOC(=O)c1c(C)oc(NC(=O)CN2CCC[C@@H]2c2cccs2)c1C(N)=O. The molecule has 2 amide bonds. The second-order valence-corrected chi connectivity index (χ2v) is 7.49. The number of primary amides is 1. The first kappa shape index (κ1) is 20.1. The Morgan fingerprint density at radius 1 is 1.39 bits per heavy atom. The minimum Gasteiger partial charge on any atom is -0.462 e. The number of esters is 1. The van der Waals surface area contributed by atoms with Gasteiger partial charge in [-0.05, 0) is 44.7 Å². The fourth-order valence-electron chi connectivity index (χ4n) is 3.49. The first-order valence-corrected chi connectivity index (χ1v) is 9.98. The molecule has 28 heavy (non-hydrogen) atoms. The molecule has 2 aromatic heterocycles. The molecule has 0 saturated carbocycles. The molecule has 1 fully saturated rings. The van der Waals surface area contributed by atoms with E-state index in [4.69, 9.17) is 14.9 Å². The highest BCUT2D eigenvalue weighted by Gasteiger charge is 2.31. The van der Waals surface area contributed by atoms with E-state index < -0.39 is 11.9 Å². The van der Waals surface area contributed by atoms with E-state index in [0.29, 0.717) is 0 Å². The quantitative estimate of drug-likeness (QED) is 0.685. The van der Waals surface area contributed by atoms with Gasteiger partial charge >= 0.3 is 5.97 Å². The van der Waals surface area contributed by atoms with Crippen molar-refractivity contribution < 1.29 is 23.5 Å². The summed E-state index contributed by atoms with van der Waals surface area (Å²) in [6, 6.07) is 4.27. The van der Waals surface area contributed by atoms with Crippen molar-refractivity contribution in [1.82, 2.24) is 4.90 Å². The summed E-state index contributed by atoms with van der Waals surface area (Å²) in [7, 11) is 0. The zero-order valence-electron chi connectivity index (χ0n) is 15.8. The Balaban J connectivity index is 1.76. The number of furan rings is 1. The van der Waals surface area contributed by atoms with Gasteiger partial charge in [0.15, 0.2) is 0 Å². The van der Waals surface area contributed by atoms with Crippen molar-refractivity contribution in [3.8, 4) is 0 Å². The Kier molecular flexibility index (Phi) is 6.15. The lowest BCUT2D eigenvalue weighted by atomic mass is 10.1. The average Bonchev–Trinajstić information content (AvgIpc) is 3.34. The largest absolute Gasteiger partial charge is 0.462 e. The highest BCUT2D eigenvalue weighted by Crippen LogP contribution is 2.34. The number of carbonyl (C=O) groups is 3. The minimum atomic E-state index is -0.868. The van der Waals surface area contributed by atoms with E-state index in [1.807, 2.05) is 11.4 Å². The minimum absolute atomic E-state index is 0.0534. The van der Waals surface area contributed by atoms with Crippen LogP contribution in [-0.2, 0) is 9.53 Å². The zero-order chi connectivity index (χ0) is 20.3. The number of amides is 2. The van der Waals surface area contributed by atoms with Gasteiger partial charge in [-0.25, -0.2) is 4.79 Å². The molecule has 3 rings (SSSR count). The van der Waals surface area contributed by atoms with Gasteiger partial charge in [0.1, 0.15) is 16.9 Å². The normalized spacial score (nSPS) is 16.9. The van der Waals surface area contributed by atoms with Crippen LogP contribution in [0, 0.1) is 6.92 Å². The second kappa shape index (κ2) is 8.57. The van der Waals surface area contributed by atoms with Crippen LogP contribution in [-0.4, -0.2) is 42.4 Å². The molecule has 0 radical (unpaired) electrons. The summed E-state index contributed by atoms with van der Waals surface area (Å²) in [5.41, 5.74) is 5.20. The van der Waals surface area contributed by atoms with E-state index in [1.165, 1.54) is 11.8 Å². The number of likely N-dealkylation sites (tertiary alicyclic amines) is 1. The van der Waals surface area contributed by atoms with E-state index >= 15 is 0 Å². The molecule has 0 aromatic carbocycles. The molecule has 1 aliphatic rings. The van der Waals surface area contributed by atoms with Crippen molar-refractivity contribution in [1.29, 1.82) is 0 Å². The second-order valence-electron chi connectivity index (χ2n) is 6.51. The van der Waals surface area contributed by atoms with Crippen molar-refractivity contribution in [2.75, 3.05) is 25.0 Å². The third kappa shape index (κ3) is 4.10. The van der Waals surface area contributed by atoms with Crippen molar-refractivity contribution in [3.63, 3.8) is 0 Å². The Hall–Kier alpha value is -2.65. The van der Waals surface area contributed by atoms with Crippen molar-refractivity contribution in [3.05, 3.63) is 39.3 Å². The lowest BCUT2D eigenvalue weighted by molar-refractivity contribution is -0.117. The van der Waals surface area contributed by atoms with Gasteiger partial charge in [-0.2, -0.15) is 0 Å². The summed E-state index contributed by atoms with van der Waals surface area (Å²) < 4.78 is 10.4. The Bertz CT molecular complexity index is 875. The molecule has 1 atom stereocenters. The first-order chi connectivity index (χ1) is 13.4. The van der Waals surface area contributed by atoms with E-state index in [-0.39, 0.29) is 47.9 Å². The molecule has 0 spiro atoms. The van der Waals surface area contributed by atoms with Crippen molar-refractivity contribution >= 4 is 35.0 Å². The van der Waals surface area contributed by atoms with Crippen LogP contribution in [0.2, 0.25) is 0 Å². The summed E-state index contributed by atoms with van der Waals surface area (Å²) in [5.74, 6) is -1.87. The molecule has 0 unspecified atom stereocenters. The lowest BCUT2D eigenvalue weighted by Crippen LogP contribution is -2.33. The average molecular weight is 405 g/mol.